The summed E-state index contributed by atoms with van der Waals surface area (Å²) in [5.74, 6) is 0.975. The molecule has 0 aromatic carbocycles. The van der Waals surface area contributed by atoms with Crippen molar-refractivity contribution in [1.29, 1.82) is 5.41 Å². The number of pyridine rings is 1. The van der Waals surface area contributed by atoms with E-state index in [0.717, 1.165) is 5.56 Å². The Bertz CT molecular complexity index is 597. The highest BCUT2D eigenvalue weighted by molar-refractivity contribution is 6.13. The van der Waals surface area contributed by atoms with Gasteiger partial charge in [0.05, 0.1) is 11.9 Å². The van der Waals surface area contributed by atoms with Crippen molar-refractivity contribution < 1.29 is 0 Å². The Morgan fingerprint density at radius 3 is 2.75 bits per heavy atom. The molecule has 4 N–H and O–H groups in total. The zero-order valence-corrected chi connectivity index (χ0v) is 11.4. The van der Waals surface area contributed by atoms with Crippen LogP contribution >= 0.6 is 0 Å². The maximum absolute atomic E-state index is 8.26. The van der Waals surface area contributed by atoms with E-state index in [1.807, 2.05) is 12.3 Å². The molecule has 0 bridgehead atoms. The molecule has 5 heteroatoms. The van der Waals surface area contributed by atoms with Gasteiger partial charge in [-0.2, -0.15) is 5.10 Å². The number of rotatable bonds is 3. The fourth-order valence-corrected chi connectivity index (χ4v) is 2.89. The van der Waals surface area contributed by atoms with Crippen molar-refractivity contribution in [3.63, 3.8) is 0 Å². The second-order valence-corrected chi connectivity index (χ2v) is 5.40. The lowest BCUT2D eigenvalue weighted by Crippen LogP contribution is -2.10. The second-order valence-electron chi connectivity index (χ2n) is 5.40. The molecule has 5 nitrogen and oxygen atoms in total. The van der Waals surface area contributed by atoms with Crippen molar-refractivity contribution in [1.82, 2.24) is 15.2 Å². The molecule has 1 fully saturated rings. The van der Waals surface area contributed by atoms with Gasteiger partial charge < -0.3 is 5.73 Å². The van der Waals surface area contributed by atoms with Gasteiger partial charge in [-0.1, -0.05) is 19.3 Å². The minimum absolute atomic E-state index is 0.376. The molecule has 1 aliphatic rings. The standard InChI is InChI=1S/C15H19N5/c16-14(12-8-19-20-9-12)13-6-11(7-18-15(13)17)10-4-2-1-3-5-10/h6-10,16H,1-5H2,(H2,17,18)(H,19,20). The van der Waals surface area contributed by atoms with Crippen LogP contribution < -0.4 is 5.73 Å². The Morgan fingerprint density at radius 1 is 1.25 bits per heavy atom. The molecule has 1 saturated carbocycles. The number of nitrogen functional groups attached to an aromatic ring is 1. The SMILES string of the molecule is N=C(c1cn[nH]c1)c1cc(C2CCCCC2)cnc1N. The van der Waals surface area contributed by atoms with Gasteiger partial charge in [0.25, 0.3) is 0 Å². The van der Waals surface area contributed by atoms with Gasteiger partial charge in [-0.15, -0.1) is 0 Å². The van der Waals surface area contributed by atoms with E-state index in [2.05, 4.69) is 15.2 Å². The number of nitrogens with one attached hydrogen (secondary N) is 2. The minimum Gasteiger partial charge on any atom is -0.383 e. The summed E-state index contributed by atoms with van der Waals surface area (Å²) < 4.78 is 0. The van der Waals surface area contributed by atoms with Gasteiger partial charge in [0.15, 0.2) is 0 Å². The van der Waals surface area contributed by atoms with E-state index in [1.54, 1.807) is 12.4 Å². The number of aromatic amines is 1. The zero-order valence-electron chi connectivity index (χ0n) is 11.4. The second kappa shape index (κ2) is 5.45. The quantitative estimate of drug-likeness (QED) is 0.748. The topological polar surface area (TPSA) is 91.4 Å². The molecule has 104 valence electrons. The molecule has 0 aliphatic heterocycles. The third kappa shape index (κ3) is 2.43. The fourth-order valence-electron chi connectivity index (χ4n) is 2.89. The first-order valence-electron chi connectivity index (χ1n) is 7.09. The van der Waals surface area contributed by atoms with E-state index < -0.39 is 0 Å². The van der Waals surface area contributed by atoms with Crippen LogP contribution in [0.5, 0.6) is 0 Å². The normalized spacial score (nSPS) is 16.2. The zero-order chi connectivity index (χ0) is 13.9. The molecular formula is C15H19N5. The van der Waals surface area contributed by atoms with E-state index >= 15 is 0 Å². The first-order chi connectivity index (χ1) is 9.75. The molecule has 20 heavy (non-hydrogen) atoms. The molecule has 2 aromatic heterocycles. The molecule has 0 unspecified atom stereocenters. The summed E-state index contributed by atoms with van der Waals surface area (Å²) in [6, 6.07) is 2.04. The summed E-state index contributed by atoms with van der Waals surface area (Å²) >= 11 is 0. The van der Waals surface area contributed by atoms with Crippen molar-refractivity contribution in [3.8, 4) is 0 Å². The Labute approximate surface area is 118 Å². The highest BCUT2D eigenvalue weighted by Gasteiger charge is 2.18. The summed E-state index contributed by atoms with van der Waals surface area (Å²) in [5.41, 5.74) is 8.97. The Balaban J connectivity index is 1.92. The molecule has 0 saturated heterocycles. The van der Waals surface area contributed by atoms with Gasteiger partial charge in [0, 0.05) is 23.5 Å². The number of aromatic nitrogens is 3. The minimum atomic E-state index is 0.376. The van der Waals surface area contributed by atoms with Crippen LogP contribution in [0.2, 0.25) is 0 Å². The van der Waals surface area contributed by atoms with Crippen molar-refractivity contribution in [2.45, 2.75) is 38.0 Å². The van der Waals surface area contributed by atoms with Crippen LogP contribution in [0, 0.1) is 5.41 Å². The Kier molecular flexibility index (Phi) is 3.50. The van der Waals surface area contributed by atoms with Gasteiger partial charge in [0.2, 0.25) is 0 Å². The Hall–Kier alpha value is -2.17. The molecule has 2 heterocycles. The molecule has 0 atom stereocenters. The maximum Gasteiger partial charge on any atom is 0.132 e. The lowest BCUT2D eigenvalue weighted by molar-refractivity contribution is 0.443. The first kappa shape index (κ1) is 12.8. The predicted molar refractivity (Wildman–Crippen MR) is 79.0 cm³/mol. The van der Waals surface area contributed by atoms with Gasteiger partial charge in [-0.25, -0.2) is 4.98 Å². The average Bonchev–Trinajstić information content (AvgIpc) is 3.02. The lowest BCUT2D eigenvalue weighted by Gasteiger charge is -2.22. The molecule has 3 rings (SSSR count). The van der Waals surface area contributed by atoms with Crippen LogP contribution in [0.4, 0.5) is 5.82 Å². The highest BCUT2D eigenvalue weighted by atomic mass is 15.1. The fraction of sp³-hybridized carbons (Fsp3) is 0.400. The largest absolute Gasteiger partial charge is 0.383 e. The number of nitrogens with zero attached hydrogens (tertiary/aromatic N) is 2. The summed E-state index contributed by atoms with van der Waals surface area (Å²) in [7, 11) is 0. The summed E-state index contributed by atoms with van der Waals surface area (Å²) in [6.07, 6.45) is 11.5. The van der Waals surface area contributed by atoms with Crippen LogP contribution in [-0.4, -0.2) is 20.9 Å². The van der Waals surface area contributed by atoms with Crippen LogP contribution in [0.1, 0.15) is 54.7 Å². The number of H-pyrrole nitrogens is 1. The van der Waals surface area contributed by atoms with E-state index in [1.165, 1.54) is 37.7 Å². The van der Waals surface area contributed by atoms with E-state index in [0.29, 0.717) is 23.0 Å². The number of nitrogens with two attached hydrogens (primary N) is 1. The number of anilines is 1. The van der Waals surface area contributed by atoms with Gasteiger partial charge in [0.1, 0.15) is 5.82 Å². The third-order valence-corrected chi connectivity index (χ3v) is 4.07. The van der Waals surface area contributed by atoms with Crippen molar-refractivity contribution >= 4 is 11.5 Å². The van der Waals surface area contributed by atoms with Crippen molar-refractivity contribution in [2.24, 2.45) is 0 Å². The summed E-state index contributed by atoms with van der Waals surface area (Å²) in [6.45, 7) is 0. The maximum atomic E-state index is 8.26. The Morgan fingerprint density at radius 2 is 2.05 bits per heavy atom. The lowest BCUT2D eigenvalue weighted by atomic mass is 9.84. The molecule has 2 aromatic rings. The van der Waals surface area contributed by atoms with Crippen LogP contribution in [0.3, 0.4) is 0 Å². The highest BCUT2D eigenvalue weighted by Crippen LogP contribution is 2.33. The third-order valence-electron chi connectivity index (χ3n) is 4.07. The summed E-state index contributed by atoms with van der Waals surface area (Å²) in [5, 5.41) is 14.9. The van der Waals surface area contributed by atoms with E-state index in [4.69, 9.17) is 11.1 Å². The van der Waals surface area contributed by atoms with Crippen LogP contribution in [0.25, 0.3) is 0 Å². The van der Waals surface area contributed by atoms with Crippen molar-refractivity contribution in [2.75, 3.05) is 5.73 Å². The van der Waals surface area contributed by atoms with E-state index in [9.17, 15) is 0 Å². The van der Waals surface area contributed by atoms with Crippen LogP contribution in [0.15, 0.2) is 24.7 Å². The smallest absolute Gasteiger partial charge is 0.132 e. The van der Waals surface area contributed by atoms with Gasteiger partial charge >= 0.3 is 0 Å². The van der Waals surface area contributed by atoms with Crippen molar-refractivity contribution in [3.05, 3.63) is 41.3 Å². The molecule has 0 radical (unpaired) electrons. The average molecular weight is 269 g/mol. The molecule has 1 aliphatic carbocycles. The first-order valence-corrected chi connectivity index (χ1v) is 7.09. The summed E-state index contributed by atoms with van der Waals surface area (Å²) in [4.78, 5) is 4.29. The van der Waals surface area contributed by atoms with Gasteiger partial charge in [-0.3, -0.25) is 10.5 Å². The molecule has 0 spiro atoms. The van der Waals surface area contributed by atoms with Crippen LogP contribution in [-0.2, 0) is 0 Å². The predicted octanol–water partition coefficient (Wildman–Crippen LogP) is 2.85. The molecular weight excluding hydrogens is 250 g/mol. The number of hydrogen-bond donors (Lipinski definition) is 3. The van der Waals surface area contributed by atoms with E-state index in [-0.39, 0.29) is 0 Å². The monoisotopic (exact) mass is 269 g/mol. The van der Waals surface area contributed by atoms with Gasteiger partial charge in [-0.05, 0) is 30.4 Å². The number of hydrogen-bond acceptors (Lipinski definition) is 4. The molecule has 0 amide bonds.